The molecule has 0 aliphatic heterocycles. The summed E-state index contributed by atoms with van der Waals surface area (Å²) in [6.07, 6.45) is 9.25. The van der Waals surface area contributed by atoms with Crippen LogP contribution in [0.25, 0.3) is 0 Å². The van der Waals surface area contributed by atoms with Crippen molar-refractivity contribution >= 4 is 22.6 Å². The van der Waals surface area contributed by atoms with Crippen LogP contribution in [-0.4, -0.2) is 25.0 Å². The monoisotopic (exact) mass is 436 g/mol. The van der Waals surface area contributed by atoms with Crippen LogP contribution < -0.4 is 10.5 Å². The second kappa shape index (κ2) is 8.49. The molecule has 2 aromatic carbocycles. The zero-order valence-corrected chi connectivity index (χ0v) is 19.3. The second-order valence-electron chi connectivity index (χ2n) is 9.38. The third-order valence-electron chi connectivity index (χ3n) is 6.97. The summed E-state index contributed by atoms with van der Waals surface area (Å²) >= 11 is 0. The highest BCUT2D eigenvalue weighted by Gasteiger charge is 2.33. The number of rotatable bonds is 5. The summed E-state index contributed by atoms with van der Waals surface area (Å²) in [6, 6.07) is 10.9. The number of nitrogens with zero attached hydrogens (tertiary/aromatic N) is 2. The summed E-state index contributed by atoms with van der Waals surface area (Å²) in [5.74, 6) is 0.752. The van der Waals surface area contributed by atoms with Crippen LogP contribution in [0.1, 0.15) is 59.5 Å². The molecule has 2 aromatic rings. The maximum atomic E-state index is 12.8. The van der Waals surface area contributed by atoms with Gasteiger partial charge < -0.3 is 10.2 Å². The summed E-state index contributed by atoms with van der Waals surface area (Å²) in [7, 11) is 3.32. The van der Waals surface area contributed by atoms with Crippen molar-refractivity contribution in [2.24, 2.45) is 15.4 Å². The number of hydrogen-bond acceptors (Lipinski definition) is 2. The number of urea groups is 1. The quantitative estimate of drug-likeness (QED) is 0.697. The zero-order valence-electron chi connectivity index (χ0n) is 18.5. The molecule has 0 spiro atoms. The SMILES string of the molecule is CN(C)C(c1ccc(/S(N)=N/C(=O)Nc2c3c(cc4c2CCC4)CCC3)cc1)C1CC1. The summed E-state index contributed by atoms with van der Waals surface area (Å²) in [6.45, 7) is 0. The fourth-order valence-corrected chi connectivity index (χ4v) is 6.19. The number of fused-ring (bicyclic) bond motifs is 2. The smallest absolute Gasteiger partial charge is 0.305 e. The van der Waals surface area contributed by atoms with Crippen molar-refractivity contribution in [1.82, 2.24) is 4.90 Å². The Hall–Kier alpha value is -2.02. The number of anilines is 1. The minimum Gasteiger partial charge on any atom is -0.305 e. The van der Waals surface area contributed by atoms with Crippen LogP contribution >= 0.6 is 0 Å². The number of aryl methyl sites for hydroxylation is 2. The van der Waals surface area contributed by atoms with Gasteiger partial charge in [0.15, 0.2) is 0 Å². The minimum absolute atomic E-state index is 0.326. The molecule has 6 heteroatoms. The molecule has 0 bridgehead atoms. The molecule has 0 aromatic heterocycles. The zero-order chi connectivity index (χ0) is 21.5. The lowest BCUT2D eigenvalue weighted by Gasteiger charge is -2.24. The fraction of sp³-hybridized carbons (Fsp3) is 0.480. The van der Waals surface area contributed by atoms with Gasteiger partial charge in [0, 0.05) is 27.5 Å². The molecule has 1 saturated carbocycles. The molecule has 0 radical (unpaired) electrons. The van der Waals surface area contributed by atoms with Crippen molar-refractivity contribution in [2.45, 2.75) is 62.3 Å². The van der Waals surface area contributed by atoms with Crippen LogP contribution in [0, 0.1) is 5.92 Å². The lowest BCUT2D eigenvalue weighted by Crippen LogP contribution is -2.21. The average Bonchev–Trinajstić information content (AvgIpc) is 3.25. The Morgan fingerprint density at radius 1 is 1.06 bits per heavy atom. The van der Waals surface area contributed by atoms with E-state index >= 15 is 0 Å². The van der Waals surface area contributed by atoms with E-state index in [0.717, 1.165) is 42.2 Å². The molecule has 3 aliphatic rings. The predicted octanol–water partition coefficient (Wildman–Crippen LogP) is 4.94. The van der Waals surface area contributed by atoms with Crippen molar-refractivity contribution in [2.75, 3.05) is 19.4 Å². The molecule has 1 fully saturated rings. The van der Waals surface area contributed by atoms with Gasteiger partial charge in [-0.1, -0.05) is 18.2 Å². The first-order chi connectivity index (χ1) is 15.0. The maximum absolute atomic E-state index is 12.8. The number of carbonyl (C=O) groups excluding carboxylic acids is 1. The number of nitrogens with two attached hydrogens (primary N) is 1. The molecule has 2 unspecified atom stereocenters. The van der Waals surface area contributed by atoms with E-state index in [0.29, 0.717) is 6.04 Å². The van der Waals surface area contributed by atoms with Gasteiger partial charge in [-0.05, 0) is 111 Å². The van der Waals surface area contributed by atoms with Crippen LogP contribution in [0.4, 0.5) is 10.5 Å². The highest BCUT2D eigenvalue weighted by Crippen LogP contribution is 2.43. The Morgan fingerprint density at radius 2 is 1.68 bits per heavy atom. The topological polar surface area (TPSA) is 70.7 Å². The number of carbonyl (C=O) groups is 1. The molecule has 164 valence electrons. The predicted molar refractivity (Wildman–Crippen MR) is 127 cm³/mol. The molecular weight excluding hydrogens is 404 g/mol. The highest BCUT2D eigenvalue weighted by molar-refractivity contribution is 7.85. The van der Waals surface area contributed by atoms with Crippen LogP contribution in [0.5, 0.6) is 0 Å². The molecule has 0 heterocycles. The van der Waals surface area contributed by atoms with Gasteiger partial charge in [0.05, 0.1) is 0 Å². The third-order valence-corrected chi connectivity index (χ3v) is 8.09. The first-order valence-corrected chi connectivity index (χ1v) is 12.7. The van der Waals surface area contributed by atoms with Crippen LogP contribution in [0.15, 0.2) is 39.6 Å². The van der Waals surface area contributed by atoms with E-state index in [4.69, 9.17) is 5.14 Å². The first-order valence-electron chi connectivity index (χ1n) is 11.5. The van der Waals surface area contributed by atoms with E-state index in [9.17, 15) is 4.79 Å². The molecule has 3 aliphatic carbocycles. The number of nitrogens with one attached hydrogen (secondary N) is 1. The number of benzene rings is 2. The van der Waals surface area contributed by atoms with E-state index in [1.54, 1.807) is 0 Å². The number of hydrogen-bond donors (Lipinski definition) is 2. The number of amides is 2. The Bertz CT molecular complexity index is 1010. The Balaban J connectivity index is 1.34. The molecule has 0 saturated heterocycles. The summed E-state index contributed by atoms with van der Waals surface area (Å²) < 4.78 is 4.30. The van der Waals surface area contributed by atoms with E-state index < -0.39 is 10.9 Å². The lowest BCUT2D eigenvalue weighted by molar-refractivity contribution is 0.260. The van der Waals surface area contributed by atoms with Crippen LogP contribution in [0.2, 0.25) is 0 Å². The molecule has 5 rings (SSSR count). The van der Waals surface area contributed by atoms with Gasteiger partial charge in [-0.3, -0.25) is 5.14 Å². The fourth-order valence-electron chi connectivity index (χ4n) is 5.45. The highest BCUT2D eigenvalue weighted by atomic mass is 32.2. The molecule has 2 amide bonds. The standard InChI is InChI=1S/C25H32N4OS/c1-29(2)24(16-9-10-16)17-11-13-20(14-12-17)31(26)28-25(30)27-23-21-7-3-5-18(21)15-19-6-4-8-22(19)23/h11-16,24H,3-10H2,1-2H3,(H3,26,27,28,30). The van der Waals surface area contributed by atoms with Crippen molar-refractivity contribution in [3.05, 3.63) is 58.1 Å². The van der Waals surface area contributed by atoms with Gasteiger partial charge in [-0.15, -0.1) is 0 Å². The van der Waals surface area contributed by atoms with Crippen molar-refractivity contribution in [3.63, 3.8) is 0 Å². The second-order valence-corrected chi connectivity index (χ2v) is 10.7. The van der Waals surface area contributed by atoms with E-state index in [-0.39, 0.29) is 6.03 Å². The van der Waals surface area contributed by atoms with E-state index in [1.165, 1.54) is 53.5 Å². The van der Waals surface area contributed by atoms with Crippen molar-refractivity contribution in [3.8, 4) is 0 Å². The average molecular weight is 437 g/mol. The van der Waals surface area contributed by atoms with Gasteiger partial charge in [-0.25, -0.2) is 4.79 Å². The Morgan fingerprint density at radius 3 is 2.23 bits per heavy atom. The summed E-state index contributed by atoms with van der Waals surface area (Å²) in [5.41, 5.74) is 7.80. The van der Waals surface area contributed by atoms with Gasteiger partial charge in [0.1, 0.15) is 0 Å². The normalized spacial score (nSPS) is 19.4. The van der Waals surface area contributed by atoms with Crippen molar-refractivity contribution in [1.29, 1.82) is 0 Å². The van der Waals surface area contributed by atoms with Gasteiger partial charge >= 0.3 is 6.03 Å². The Labute approximate surface area is 187 Å². The largest absolute Gasteiger partial charge is 0.352 e. The Kier molecular flexibility index (Phi) is 5.71. The molecule has 3 N–H and O–H groups in total. The summed E-state index contributed by atoms with van der Waals surface area (Å²) in [4.78, 5) is 16.0. The van der Waals surface area contributed by atoms with Gasteiger partial charge in [0.25, 0.3) is 0 Å². The third kappa shape index (κ3) is 4.21. The lowest BCUT2D eigenvalue weighted by atomic mass is 9.99. The summed E-state index contributed by atoms with van der Waals surface area (Å²) in [5, 5.41) is 9.45. The van der Waals surface area contributed by atoms with Gasteiger partial charge in [0.2, 0.25) is 0 Å². The molecular formula is C25H32N4OS. The van der Waals surface area contributed by atoms with Gasteiger partial charge in [-0.2, -0.15) is 4.36 Å². The molecule has 31 heavy (non-hydrogen) atoms. The van der Waals surface area contributed by atoms with E-state index in [1.807, 2.05) is 12.1 Å². The first kappa shape index (κ1) is 20.9. The molecule has 2 atom stereocenters. The van der Waals surface area contributed by atoms with E-state index in [2.05, 4.69) is 46.9 Å². The maximum Gasteiger partial charge on any atom is 0.352 e. The van der Waals surface area contributed by atoms with Crippen LogP contribution in [-0.2, 0) is 36.6 Å². The minimum atomic E-state index is -0.962. The van der Waals surface area contributed by atoms with Crippen molar-refractivity contribution < 1.29 is 4.79 Å². The van der Waals surface area contributed by atoms with Crippen LogP contribution in [0.3, 0.4) is 0 Å². The molecule has 5 nitrogen and oxygen atoms in total.